The molecule has 0 amide bonds. The highest BCUT2D eigenvalue weighted by molar-refractivity contribution is 5.90. The van der Waals surface area contributed by atoms with Crippen LogP contribution in [0.2, 0.25) is 0 Å². The van der Waals surface area contributed by atoms with E-state index in [9.17, 15) is 13.6 Å². The van der Waals surface area contributed by atoms with Crippen LogP contribution in [0.4, 0.5) is 14.5 Å². The van der Waals surface area contributed by atoms with Crippen molar-refractivity contribution in [3.05, 3.63) is 39.3 Å². The molecular weight excluding hydrogens is 232 g/mol. The highest BCUT2D eigenvalue weighted by Crippen LogP contribution is 2.28. The van der Waals surface area contributed by atoms with Crippen LogP contribution >= 0.6 is 0 Å². The van der Waals surface area contributed by atoms with E-state index in [2.05, 4.69) is 14.8 Å². The second kappa shape index (κ2) is 5.27. The number of hydrogen-bond donors (Lipinski definition) is 0. The summed E-state index contributed by atoms with van der Waals surface area (Å²) in [5.74, 6) is -2.88. The first kappa shape index (κ1) is 12.9. The molecule has 0 aliphatic heterocycles. The number of hydrogen-bond acceptors (Lipinski definition) is 3. The minimum atomic E-state index is -0.968. The molecule has 0 aromatic heterocycles. The van der Waals surface area contributed by atoms with Crippen molar-refractivity contribution in [3.63, 3.8) is 0 Å². The van der Waals surface area contributed by atoms with Gasteiger partial charge in [-0.2, -0.15) is 0 Å². The Balaban J connectivity index is 3.38. The van der Waals surface area contributed by atoms with E-state index in [1.165, 1.54) is 6.92 Å². The summed E-state index contributed by atoms with van der Waals surface area (Å²) in [7, 11) is 0. The van der Waals surface area contributed by atoms with Crippen LogP contribution in [0.5, 0.6) is 0 Å². The van der Waals surface area contributed by atoms with Gasteiger partial charge in [0.15, 0.2) is 0 Å². The Kier molecular flexibility index (Phi) is 4.01. The van der Waals surface area contributed by atoms with Crippen molar-refractivity contribution in [1.82, 2.24) is 0 Å². The van der Waals surface area contributed by atoms with Crippen LogP contribution in [0.25, 0.3) is 10.4 Å². The van der Waals surface area contributed by atoms with Crippen molar-refractivity contribution in [1.29, 1.82) is 0 Å². The molecule has 0 N–H and O–H groups in total. The molecule has 0 saturated heterocycles. The van der Waals surface area contributed by atoms with E-state index in [0.29, 0.717) is 6.07 Å². The maximum atomic E-state index is 13.7. The number of halogens is 2. The Morgan fingerprint density at radius 3 is 2.76 bits per heavy atom. The monoisotopic (exact) mass is 241 g/mol. The van der Waals surface area contributed by atoms with Gasteiger partial charge in [0.1, 0.15) is 11.6 Å². The zero-order valence-electron chi connectivity index (χ0n) is 9.20. The SMILES string of the molecule is CCOC(=O)c1cc(F)c(N=[N+]=[N-])c(C)c1F. The molecule has 0 bridgehead atoms. The maximum Gasteiger partial charge on any atom is 0.341 e. The van der Waals surface area contributed by atoms with E-state index in [4.69, 9.17) is 5.53 Å². The number of carbonyl (C=O) groups excluding carboxylic acids is 1. The Hall–Kier alpha value is -2.14. The summed E-state index contributed by atoms with van der Waals surface area (Å²) in [6, 6.07) is 0.657. The van der Waals surface area contributed by atoms with Gasteiger partial charge in [-0.25, -0.2) is 13.6 Å². The molecule has 1 aromatic carbocycles. The second-order valence-electron chi connectivity index (χ2n) is 3.10. The Morgan fingerprint density at radius 2 is 2.24 bits per heavy atom. The average Bonchev–Trinajstić information content (AvgIpc) is 2.29. The van der Waals surface area contributed by atoms with Crippen LogP contribution in [0.1, 0.15) is 22.8 Å². The number of azide groups is 1. The molecule has 7 heteroatoms. The summed E-state index contributed by atoms with van der Waals surface area (Å²) in [6.07, 6.45) is 0. The zero-order chi connectivity index (χ0) is 13.0. The van der Waals surface area contributed by atoms with Crippen molar-refractivity contribution < 1.29 is 18.3 Å². The summed E-state index contributed by atoms with van der Waals surface area (Å²) in [5.41, 5.74) is 6.99. The fourth-order valence-corrected chi connectivity index (χ4v) is 1.27. The van der Waals surface area contributed by atoms with E-state index in [-0.39, 0.29) is 12.2 Å². The molecule has 0 unspecified atom stereocenters. The number of rotatable bonds is 3. The van der Waals surface area contributed by atoms with Gasteiger partial charge in [-0.1, -0.05) is 5.11 Å². The molecular formula is C10H9F2N3O2. The van der Waals surface area contributed by atoms with Crippen LogP contribution < -0.4 is 0 Å². The molecule has 0 atom stereocenters. The van der Waals surface area contributed by atoms with Gasteiger partial charge in [-0.05, 0) is 31.0 Å². The molecule has 90 valence electrons. The van der Waals surface area contributed by atoms with E-state index in [1.807, 2.05) is 0 Å². The van der Waals surface area contributed by atoms with E-state index < -0.39 is 28.9 Å². The summed E-state index contributed by atoms with van der Waals surface area (Å²) in [6.45, 7) is 2.82. The minimum Gasteiger partial charge on any atom is -0.462 e. The third-order valence-electron chi connectivity index (χ3n) is 2.06. The van der Waals surface area contributed by atoms with E-state index >= 15 is 0 Å². The number of carbonyl (C=O) groups is 1. The molecule has 0 aliphatic rings. The normalized spacial score (nSPS) is 9.65. The molecule has 0 radical (unpaired) electrons. The van der Waals surface area contributed by atoms with E-state index in [1.54, 1.807) is 6.92 Å². The highest BCUT2D eigenvalue weighted by atomic mass is 19.1. The van der Waals surface area contributed by atoms with E-state index in [0.717, 1.165) is 0 Å². The topological polar surface area (TPSA) is 75.1 Å². The largest absolute Gasteiger partial charge is 0.462 e. The van der Waals surface area contributed by atoms with Crippen molar-refractivity contribution in [2.45, 2.75) is 13.8 Å². The minimum absolute atomic E-state index is 0.0526. The van der Waals surface area contributed by atoms with Crippen molar-refractivity contribution in [2.24, 2.45) is 5.11 Å². The molecule has 0 saturated carbocycles. The van der Waals surface area contributed by atoms with Gasteiger partial charge in [-0.15, -0.1) is 0 Å². The number of esters is 1. The van der Waals surface area contributed by atoms with Crippen molar-refractivity contribution >= 4 is 11.7 Å². The first-order valence-electron chi connectivity index (χ1n) is 4.73. The summed E-state index contributed by atoms with van der Waals surface area (Å²) in [5, 5.41) is 3.03. The molecule has 17 heavy (non-hydrogen) atoms. The Labute approximate surface area is 95.6 Å². The third-order valence-corrected chi connectivity index (χ3v) is 2.06. The molecule has 5 nitrogen and oxygen atoms in total. The van der Waals surface area contributed by atoms with Gasteiger partial charge in [0.25, 0.3) is 0 Å². The predicted molar refractivity (Wildman–Crippen MR) is 55.9 cm³/mol. The molecule has 1 rings (SSSR count). The third kappa shape index (κ3) is 2.51. The number of benzene rings is 1. The average molecular weight is 241 g/mol. The second-order valence-corrected chi connectivity index (χ2v) is 3.10. The first-order valence-corrected chi connectivity index (χ1v) is 4.73. The van der Waals surface area contributed by atoms with Gasteiger partial charge in [0.05, 0.1) is 17.9 Å². The quantitative estimate of drug-likeness (QED) is 0.352. The molecule has 0 spiro atoms. The number of nitrogens with zero attached hydrogens (tertiary/aromatic N) is 3. The van der Waals surface area contributed by atoms with Crippen LogP contribution in [0.3, 0.4) is 0 Å². The highest BCUT2D eigenvalue weighted by Gasteiger charge is 2.20. The van der Waals surface area contributed by atoms with Crippen LogP contribution in [-0.2, 0) is 4.74 Å². The summed E-state index contributed by atoms with van der Waals surface area (Å²) < 4.78 is 31.7. The maximum absolute atomic E-state index is 13.7. The molecule has 0 heterocycles. The fourth-order valence-electron chi connectivity index (χ4n) is 1.27. The lowest BCUT2D eigenvalue weighted by atomic mass is 10.1. The van der Waals surface area contributed by atoms with Gasteiger partial charge in [0.2, 0.25) is 0 Å². The fraction of sp³-hybridized carbons (Fsp3) is 0.300. The van der Waals surface area contributed by atoms with Crippen LogP contribution in [-0.4, -0.2) is 12.6 Å². The molecule has 0 fully saturated rings. The van der Waals surface area contributed by atoms with Gasteiger partial charge >= 0.3 is 5.97 Å². The lowest BCUT2D eigenvalue weighted by molar-refractivity contribution is 0.0520. The van der Waals surface area contributed by atoms with Crippen molar-refractivity contribution in [3.8, 4) is 0 Å². The Morgan fingerprint density at radius 1 is 1.59 bits per heavy atom. The summed E-state index contributed by atoms with van der Waals surface area (Å²) >= 11 is 0. The lowest BCUT2D eigenvalue weighted by Crippen LogP contribution is -2.09. The Bertz CT molecular complexity index is 511. The lowest BCUT2D eigenvalue weighted by Gasteiger charge is -2.08. The predicted octanol–water partition coefficient (Wildman–Crippen LogP) is 3.39. The van der Waals surface area contributed by atoms with Crippen LogP contribution in [0, 0.1) is 18.6 Å². The first-order chi connectivity index (χ1) is 8.02. The summed E-state index contributed by atoms with van der Waals surface area (Å²) in [4.78, 5) is 13.7. The molecule has 0 aliphatic carbocycles. The van der Waals surface area contributed by atoms with Crippen LogP contribution in [0.15, 0.2) is 11.2 Å². The smallest absolute Gasteiger partial charge is 0.341 e. The van der Waals surface area contributed by atoms with Gasteiger partial charge in [0, 0.05) is 4.91 Å². The van der Waals surface area contributed by atoms with Gasteiger partial charge in [-0.3, -0.25) is 0 Å². The van der Waals surface area contributed by atoms with Gasteiger partial charge < -0.3 is 4.74 Å². The standard InChI is InChI=1S/C10H9F2N3O2/c1-3-17-10(16)6-4-7(11)9(14-15-13)5(2)8(6)12/h4H,3H2,1-2H3. The zero-order valence-corrected chi connectivity index (χ0v) is 9.20. The number of ether oxygens (including phenoxy) is 1. The van der Waals surface area contributed by atoms with Crippen molar-refractivity contribution in [2.75, 3.05) is 6.61 Å². The molecule has 1 aromatic rings.